The fourth-order valence-corrected chi connectivity index (χ4v) is 2.06. The van der Waals surface area contributed by atoms with Crippen molar-refractivity contribution in [2.75, 3.05) is 13.2 Å². The number of ether oxygens (including phenoxy) is 1. The fraction of sp³-hybridized carbons (Fsp3) is 0.462. The summed E-state index contributed by atoms with van der Waals surface area (Å²) in [6, 6.07) is 4.22. The third-order valence-corrected chi connectivity index (χ3v) is 3.19. The van der Waals surface area contributed by atoms with Gasteiger partial charge in [-0.3, -0.25) is 4.79 Å². The lowest BCUT2D eigenvalue weighted by atomic mass is 10.3. The molecular formula is C13H15ClFNO2. The Bertz CT molecular complexity index is 449. The van der Waals surface area contributed by atoms with E-state index in [2.05, 4.69) is 0 Å². The molecule has 0 spiro atoms. The van der Waals surface area contributed by atoms with E-state index in [0.717, 1.165) is 12.8 Å². The van der Waals surface area contributed by atoms with Gasteiger partial charge in [0.25, 0.3) is 5.91 Å². The molecular weight excluding hydrogens is 257 g/mol. The van der Waals surface area contributed by atoms with E-state index in [1.165, 1.54) is 18.2 Å². The summed E-state index contributed by atoms with van der Waals surface area (Å²) in [5.41, 5.74) is 0. The van der Waals surface area contributed by atoms with E-state index >= 15 is 0 Å². The summed E-state index contributed by atoms with van der Waals surface area (Å²) >= 11 is 5.81. The summed E-state index contributed by atoms with van der Waals surface area (Å²) in [4.78, 5) is 13.7. The van der Waals surface area contributed by atoms with Crippen molar-refractivity contribution in [1.82, 2.24) is 4.90 Å². The molecule has 1 aromatic rings. The molecule has 0 bridgehead atoms. The molecule has 0 aliphatic heterocycles. The van der Waals surface area contributed by atoms with Crippen LogP contribution in [0.5, 0.6) is 5.75 Å². The second kappa shape index (κ2) is 5.57. The van der Waals surface area contributed by atoms with Gasteiger partial charge in [-0.2, -0.15) is 0 Å². The Morgan fingerprint density at radius 1 is 1.56 bits per heavy atom. The maximum Gasteiger partial charge on any atom is 0.260 e. The number of rotatable bonds is 5. The summed E-state index contributed by atoms with van der Waals surface area (Å²) in [6.07, 6.45) is 2.13. The lowest BCUT2D eigenvalue weighted by Gasteiger charge is -2.20. The van der Waals surface area contributed by atoms with Crippen LogP contribution in [-0.4, -0.2) is 30.0 Å². The van der Waals surface area contributed by atoms with Crippen LogP contribution in [0.3, 0.4) is 0 Å². The standard InChI is InChI=1S/C13H15ClFNO2/c1-2-16(10-4-5-10)13(17)8-18-12-6-3-9(15)7-11(12)14/h3,6-7,10H,2,4-5,8H2,1H3. The van der Waals surface area contributed by atoms with Gasteiger partial charge in [0.1, 0.15) is 11.6 Å². The van der Waals surface area contributed by atoms with Crippen LogP contribution >= 0.6 is 11.6 Å². The van der Waals surface area contributed by atoms with Gasteiger partial charge in [0.15, 0.2) is 6.61 Å². The number of likely N-dealkylation sites (N-methyl/N-ethyl adjacent to an activating group) is 1. The number of nitrogens with zero attached hydrogens (tertiary/aromatic N) is 1. The van der Waals surface area contributed by atoms with Crippen LogP contribution in [0, 0.1) is 5.82 Å². The summed E-state index contributed by atoms with van der Waals surface area (Å²) in [6.45, 7) is 2.57. The normalized spacial score (nSPS) is 14.4. The molecule has 0 aromatic heterocycles. The van der Waals surface area contributed by atoms with Crippen molar-refractivity contribution in [2.24, 2.45) is 0 Å². The van der Waals surface area contributed by atoms with Gasteiger partial charge in [-0.05, 0) is 38.0 Å². The lowest BCUT2D eigenvalue weighted by Crippen LogP contribution is -2.36. The zero-order chi connectivity index (χ0) is 13.1. The van der Waals surface area contributed by atoms with Crippen LogP contribution in [0.15, 0.2) is 18.2 Å². The molecule has 0 unspecified atom stereocenters. The molecule has 0 saturated heterocycles. The highest BCUT2D eigenvalue weighted by atomic mass is 35.5. The number of halogens is 2. The first-order valence-electron chi connectivity index (χ1n) is 5.99. The van der Waals surface area contributed by atoms with Gasteiger partial charge in [0.2, 0.25) is 0 Å². The minimum atomic E-state index is -0.424. The van der Waals surface area contributed by atoms with Gasteiger partial charge >= 0.3 is 0 Å². The monoisotopic (exact) mass is 271 g/mol. The Labute approximate surface area is 110 Å². The van der Waals surface area contributed by atoms with Gasteiger partial charge in [-0.15, -0.1) is 0 Å². The number of carbonyl (C=O) groups is 1. The summed E-state index contributed by atoms with van der Waals surface area (Å²) in [5.74, 6) is -0.148. The Morgan fingerprint density at radius 3 is 2.83 bits per heavy atom. The third-order valence-electron chi connectivity index (χ3n) is 2.89. The van der Waals surface area contributed by atoms with E-state index in [4.69, 9.17) is 16.3 Å². The van der Waals surface area contributed by atoms with Crippen molar-refractivity contribution in [2.45, 2.75) is 25.8 Å². The maximum absolute atomic E-state index is 12.8. The average molecular weight is 272 g/mol. The van der Waals surface area contributed by atoms with Crippen molar-refractivity contribution < 1.29 is 13.9 Å². The van der Waals surface area contributed by atoms with E-state index in [9.17, 15) is 9.18 Å². The van der Waals surface area contributed by atoms with E-state index < -0.39 is 5.82 Å². The number of benzene rings is 1. The lowest BCUT2D eigenvalue weighted by molar-refractivity contribution is -0.133. The van der Waals surface area contributed by atoms with Gasteiger partial charge in [-0.1, -0.05) is 11.6 Å². The first kappa shape index (κ1) is 13.1. The van der Waals surface area contributed by atoms with Crippen LogP contribution in [0.4, 0.5) is 4.39 Å². The Kier molecular flexibility index (Phi) is 4.07. The predicted octanol–water partition coefficient (Wildman–Crippen LogP) is 2.87. The highest BCUT2D eigenvalue weighted by Gasteiger charge is 2.31. The Morgan fingerprint density at radius 2 is 2.28 bits per heavy atom. The molecule has 2 rings (SSSR count). The van der Waals surface area contributed by atoms with Crippen LogP contribution < -0.4 is 4.74 Å². The highest BCUT2D eigenvalue weighted by molar-refractivity contribution is 6.32. The van der Waals surface area contributed by atoms with Crippen molar-refractivity contribution in [1.29, 1.82) is 0 Å². The maximum atomic E-state index is 12.8. The summed E-state index contributed by atoms with van der Waals surface area (Å²) < 4.78 is 18.2. The first-order chi connectivity index (χ1) is 8.61. The Hall–Kier alpha value is -1.29. The van der Waals surface area contributed by atoms with Gasteiger partial charge in [0.05, 0.1) is 5.02 Å². The molecule has 98 valence electrons. The highest BCUT2D eigenvalue weighted by Crippen LogP contribution is 2.27. The average Bonchev–Trinajstić information content (AvgIpc) is 3.13. The minimum absolute atomic E-state index is 0.0552. The predicted molar refractivity (Wildman–Crippen MR) is 67.3 cm³/mol. The van der Waals surface area contributed by atoms with Crippen molar-refractivity contribution in [3.05, 3.63) is 29.0 Å². The zero-order valence-electron chi connectivity index (χ0n) is 10.2. The second-order valence-corrected chi connectivity index (χ2v) is 4.68. The SMILES string of the molecule is CCN(C(=O)COc1ccc(F)cc1Cl)C1CC1. The van der Waals surface area contributed by atoms with Crippen molar-refractivity contribution >= 4 is 17.5 Å². The van der Waals surface area contributed by atoms with E-state index in [1.54, 1.807) is 4.90 Å². The molecule has 1 aromatic carbocycles. The molecule has 1 aliphatic rings. The molecule has 3 nitrogen and oxygen atoms in total. The molecule has 1 amide bonds. The van der Waals surface area contributed by atoms with Crippen LogP contribution in [0.2, 0.25) is 5.02 Å². The number of carbonyl (C=O) groups excluding carboxylic acids is 1. The topological polar surface area (TPSA) is 29.5 Å². The number of amides is 1. The molecule has 1 aliphatic carbocycles. The molecule has 0 radical (unpaired) electrons. The molecule has 0 N–H and O–H groups in total. The zero-order valence-corrected chi connectivity index (χ0v) is 10.9. The number of hydrogen-bond acceptors (Lipinski definition) is 2. The van der Waals surface area contributed by atoms with Crippen LogP contribution in [0.25, 0.3) is 0 Å². The second-order valence-electron chi connectivity index (χ2n) is 4.27. The van der Waals surface area contributed by atoms with E-state index in [1.807, 2.05) is 6.92 Å². The number of hydrogen-bond donors (Lipinski definition) is 0. The minimum Gasteiger partial charge on any atom is -0.482 e. The Balaban J connectivity index is 1.92. The van der Waals surface area contributed by atoms with Gasteiger partial charge in [0, 0.05) is 12.6 Å². The van der Waals surface area contributed by atoms with E-state index in [0.29, 0.717) is 18.3 Å². The molecule has 1 saturated carbocycles. The van der Waals surface area contributed by atoms with Crippen molar-refractivity contribution in [3.63, 3.8) is 0 Å². The van der Waals surface area contributed by atoms with Crippen LogP contribution in [0.1, 0.15) is 19.8 Å². The molecule has 0 atom stereocenters. The smallest absolute Gasteiger partial charge is 0.260 e. The molecule has 1 fully saturated rings. The molecule has 5 heteroatoms. The van der Waals surface area contributed by atoms with E-state index in [-0.39, 0.29) is 17.5 Å². The first-order valence-corrected chi connectivity index (χ1v) is 6.37. The van der Waals surface area contributed by atoms with Crippen LogP contribution in [-0.2, 0) is 4.79 Å². The quantitative estimate of drug-likeness (QED) is 0.824. The molecule has 0 heterocycles. The van der Waals surface area contributed by atoms with Gasteiger partial charge < -0.3 is 9.64 Å². The summed E-state index contributed by atoms with van der Waals surface area (Å²) in [7, 11) is 0. The van der Waals surface area contributed by atoms with Gasteiger partial charge in [-0.25, -0.2) is 4.39 Å². The van der Waals surface area contributed by atoms with Crippen molar-refractivity contribution in [3.8, 4) is 5.75 Å². The molecule has 18 heavy (non-hydrogen) atoms. The largest absolute Gasteiger partial charge is 0.482 e. The summed E-state index contributed by atoms with van der Waals surface area (Å²) in [5, 5.41) is 0.178. The third kappa shape index (κ3) is 3.13. The fourth-order valence-electron chi connectivity index (χ4n) is 1.84.